The van der Waals surface area contributed by atoms with Crippen LogP contribution < -0.4 is 10.6 Å². The zero-order valence-corrected chi connectivity index (χ0v) is 14.8. The molecule has 0 unspecified atom stereocenters. The number of carbonyl (C=O) groups excluding carboxylic acids is 2. The van der Waals surface area contributed by atoms with Gasteiger partial charge in [0, 0.05) is 0 Å². The van der Waals surface area contributed by atoms with Crippen LogP contribution in [0.3, 0.4) is 0 Å². The van der Waals surface area contributed by atoms with Gasteiger partial charge in [-0.2, -0.15) is 0 Å². The molecule has 0 saturated carbocycles. The molecule has 0 aromatic heterocycles. The molecule has 0 aliphatic rings. The van der Waals surface area contributed by atoms with E-state index in [0.29, 0.717) is 0 Å². The fourth-order valence-corrected chi connectivity index (χ4v) is 3.57. The Morgan fingerprint density at radius 3 is 2.00 bits per heavy atom. The minimum Gasteiger partial charge on any atom is -0.480 e. The maximum absolute atomic E-state index is 11.6. The van der Waals surface area contributed by atoms with Crippen LogP contribution >= 0.6 is 0 Å². The van der Waals surface area contributed by atoms with Gasteiger partial charge in [-0.15, -0.1) is 0 Å². The molecule has 0 heterocycles. The number of aliphatic carboxylic acids is 1. The number of hydrogen-bond donors (Lipinski definition) is 3. The quantitative estimate of drug-likeness (QED) is 0.500. The second-order valence-electron chi connectivity index (χ2n) is 6.31. The van der Waals surface area contributed by atoms with E-state index in [1.165, 1.54) is 0 Å². The Hall–Kier alpha value is -1.64. The molecule has 0 rings (SSSR count). The van der Waals surface area contributed by atoms with Crippen molar-refractivity contribution >= 4 is 27.6 Å². The normalized spacial score (nSPS) is 13.0. The maximum atomic E-state index is 11.6. The number of carbonyl (C=O) groups is 3. The van der Waals surface area contributed by atoms with Crippen LogP contribution in [0.25, 0.3) is 0 Å². The first-order valence-electron chi connectivity index (χ1n) is 7.42. The summed E-state index contributed by atoms with van der Waals surface area (Å²) in [6, 6.07) is -1.04. The molecule has 3 N–H and O–H groups in total. The average Bonchev–Trinajstić information content (AvgIpc) is 2.32. The lowest BCUT2D eigenvalue weighted by atomic mass is 10.0. The van der Waals surface area contributed by atoms with Crippen LogP contribution in [0.4, 0.5) is 0 Å². The number of sulfone groups is 1. The minimum atomic E-state index is -3.52. The van der Waals surface area contributed by atoms with E-state index < -0.39 is 46.0 Å². The lowest BCUT2D eigenvalue weighted by molar-refractivity contribution is -0.142. The fourth-order valence-electron chi connectivity index (χ4n) is 1.93. The van der Waals surface area contributed by atoms with Crippen LogP contribution in [0, 0.1) is 11.8 Å². The first kappa shape index (κ1) is 21.4. The topological polar surface area (TPSA) is 130 Å². The van der Waals surface area contributed by atoms with Gasteiger partial charge in [-0.25, -0.2) is 13.2 Å². The van der Waals surface area contributed by atoms with Gasteiger partial charge in [0.05, 0.1) is 12.3 Å². The molecular formula is C14H26N2O6S. The maximum Gasteiger partial charge on any atom is 0.326 e. The highest BCUT2D eigenvalue weighted by atomic mass is 32.2. The molecular weight excluding hydrogens is 324 g/mol. The van der Waals surface area contributed by atoms with Crippen molar-refractivity contribution in [3.63, 3.8) is 0 Å². The van der Waals surface area contributed by atoms with Gasteiger partial charge in [0.15, 0.2) is 9.84 Å². The summed E-state index contributed by atoms with van der Waals surface area (Å²) in [5.41, 5.74) is 0. The summed E-state index contributed by atoms with van der Waals surface area (Å²) in [6.45, 7) is 6.64. The number of hydrogen-bond acceptors (Lipinski definition) is 5. The van der Waals surface area contributed by atoms with E-state index in [0.717, 1.165) is 0 Å². The Balaban J connectivity index is 4.37. The SMILES string of the molecule is CC(C)C[C@H](NC(=O)CNC(=O)CS(=O)(=O)CC(C)C)C(=O)O. The Morgan fingerprint density at radius 1 is 1.00 bits per heavy atom. The largest absolute Gasteiger partial charge is 0.480 e. The molecule has 0 saturated heterocycles. The highest BCUT2D eigenvalue weighted by Gasteiger charge is 2.22. The van der Waals surface area contributed by atoms with E-state index in [2.05, 4.69) is 10.6 Å². The molecule has 0 aliphatic carbocycles. The number of rotatable bonds is 10. The Bertz CT molecular complexity index is 527. The molecule has 0 bridgehead atoms. The summed E-state index contributed by atoms with van der Waals surface area (Å²) in [5, 5.41) is 13.5. The van der Waals surface area contributed by atoms with Gasteiger partial charge in [0.1, 0.15) is 11.8 Å². The predicted octanol–water partition coefficient (Wildman–Crippen LogP) is -0.211. The number of carboxylic acids is 1. The molecule has 1 atom stereocenters. The van der Waals surface area contributed by atoms with Crippen molar-refractivity contribution in [1.29, 1.82) is 0 Å². The van der Waals surface area contributed by atoms with Crippen molar-refractivity contribution in [3.8, 4) is 0 Å². The average molecular weight is 350 g/mol. The highest BCUT2D eigenvalue weighted by Crippen LogP contribution is 2.04. The van der Waals surface area contributed by atoms with Crippen molar-refractivity contribution in [1.82, 2.24) is 10.6 Å². The molecule has 0 aromatic rings. The molecule has 0 spiro atoms. The number of nitrogens with one attached hydrogen (secondary N) is 2. The standard InChI is InChI=1S/C14H26N2O6S/c1-9(2)5-11(14(19)20)16-12(17)6-15-13(18)8-23(21,22)7-10(3)4/h9-11H,5-8H2,1-4H3,(H,15,18)(H,16,17)(H,19,20)/t11-/m0/s1. The molecule has 134 valence electrons. The molecule has 2 amide bonds. The predicted molar refractivity (Wildman–Crippen MR) is 85.5 cm³/mol. The Morgan fingerprint density at radius 2 is 1.57 bits per heavy atom. The summed E-state index contributed by atoms with van der Waals surface area (Å²) < 4.78 is 23.3. The summed E-state index contributed by atoms with van der Waals surface area (Å²) in [5.74, 6) is -3.42. The highest BCUT2D eigenvalue weighted by molar-refractivity contribution is 7.92. The zero-order chi connectivity index (χ0) is 18.2. The van der Waals surface area contributed by atoms with Gasteiger partial charge in [0.2, 0.25) is 11.8 Å². The van der Waals surface area contributed by atoms with E-state index in [1.54, 1.807) is 13.8 Å². The van der Waals surface area contributed by atoms with Crippen molar-refractivity contribution < 1.29 is 27.9 Å². The molecule has 8 nitrogen and oxygen atoms in total. The monoisotopic (exact) mass is 350 g/mol. The van der Waals surface area contributed by atoms with Crippen LogP contribution in [0.2, 0.25) is 0 Å². The third-order valence-corrected chi connectivity index (χ3v) is 4.60. The van der Waals surface area contributed by atoms with Gasteiger partial charge in [-0.1, -0.05) is 27.7 Å². The van der Waals surface area contributed by atoms with E-state index in [9.17, 15) is 22.8 Å². The third kappa shape index (κ3) is 10.7. The first-order chi connectivity index (χ1) is 10.4. The van der Waals surface area contributed by atoms with Crippen molar-refractivity contribution in [2.75, 3.05) is 18.1 Å². The fraction of sp³-hybridized carbons (Fsp3) is 0.786. The van der Waals surface area contributed by atoms with E-state index in [4.69, 9.17) is 5.11 Å². The van der Waals surface area contributed by atoms with E-state index >= 15 is 0 Å². The van der Waals surface area contributed by atoms with Crippen LogP contribution in [-0.4, -0.2) is 55.4 Å². The van der Waals surface area contributed by atoms with E-state index in [1.807, 2.05) is 13.8 Å². The van der Waals surface area contributed by atoms with Gasteiger partial charge < -0.3 is 15.7 Å². The van der Waals surface area contributed by atoms with Crippen LogP contribution in [0.5, 0.6) is 0 Å². The van der Waals surface area contributed by atoms with Crippen LogP contribution in [-0.2, 0) is 24.2 Å². The van der Waals surface area contributed by atoms with Gasteiger partial charge in [0.25, 0.3) is 0 Å². The molecule has 0 fully saturated rings. The Labute approximate surface area is 136 Å². The third-order valence-electron chi connectivity index (χ3n) is 2.72. The summed E-state index contributed by atoms with van der Waals surface area (Å²) >= 11 is 0. The molecule has 0 aromatic carbocycles. The zero-order valence-electron chi connectivity index (χ0n) is 14.0. The molecule has 23 heavy (non-hydrogen) atoms. The van der Waals surface area contributed by atoms with Gasteiger partial charge >= 0.3 is 5.97 Å². The lowest BCUT2D eigenvalue weighted by Crippen LogP contribution is -2.46. The van der Waals surface area contributed by atoms with Crippen LogP contribution in [0.15, 0.2) is 0 Å². The van der Waals surface area contributed by atoms with Crippen molar-refractivity contribution in [3.05, 3.63) is 0 Å². The summed E-state index contributed by atoms with van der Waals surface area (Å²) in [6.07, 6.45) is 0.262. The Kier molecular flexibility index (Phi) is 8.81. The van der Waals surface area contributed by atoms with Crippen molar-refractivity contribution in [2.45, 2.75) is 40.2 Å². The number of carboxylic acid groups (broad SMARTS) is 1. The summed E-state index contributed by atoms with van der Waals surface area (Å²) in [4.78, 5) is 34.2. The van der Waals surface area contributed by atoms with Crippen molar-refractivity contribution in [2.24, 2.45) is 11.8 Å². The molecule has 0 radical (unpaired) electrons. The minimum absolute atomic E-state index is 0.0761. The molecule has 0 aliphatic heterocycles. The summed E-state index contributed by atoms with van der Waals surface area (Å²) in [7, 11) is -3.52. The first-order valence-corrected chi connectivity index (χ1v) is 9.24. The second-order valence-corrected chi connectivity index (χ2v) is 8.42. The second kappa shape index (κ2) is 9.49. The molecule has 9 heteroatoms. The van der Waals surface area contributed by atoms with E-state index in [-0.39, 0.29) is 24.0 Å². The lowest BCUT2D eigenvalue weighted by Gasteiger charge is -2.16. The smallest absolute Gasteiger partial charge is 0.326 e. The number of amides is 2. The van der Waals surface area contributed by atoms with Crippen LogP contribution in [0.1, 0.15) is 34.1 Å². The van der Waals surface area contributed by atoms with Gasteiger partial charge in [-0.3, -0.25) is 9.59 Å². The van der Waals surface area contributed by atoms with Gasteiger partial charge in [-0.05, 0) is 18.3 Å².